The number of aryl methyl sites for hydroxylation is 2. The Labute approximate surface area is 139 Å². The first-order chi connectivity index (χ1) is 10.7. The summed E-state index contributed by atoms with van der Waals surface area (Å²) >= 11 is 0. The van der Waals surface area contributed by atoms with Crippen LogP contribution in [0.5, 0.6) is 0 Å². The average molecular weight is 361 g/mol. The Morgan fingerprint density at radius 1 is 1.17 bits per heavy atom. The molecule has 0 bridgehead atoms. The van der Waals surface area contributed by atoms with Gasteiger partial charge in [-0.25, -0.2) is 21.6 Å². The SMILES string of the molecule is CCCNS(=O)(=O)c1cc(C)c(N2CCCCS2(=O)=O)cc1C. The van der Waals surface area contributed by atoms with E-state index in [1.165, 1.54) is 4.31 Å². The van der Waals surface area contributed by atoms with Crippen LogP contribution < -0.4 is 9.03 Å². The van der Waals surface area contributed by atoms with Gasteiger partial charge in [0.2, 0.25) is 20.0 Å². The van der Waals surface area contributed by atoms with Gasteiger partial charge in [-0.2, -0.15) is 0 Å². The van der Waals surface area contributed by atoms with Crippen molar-refractivity contribution >= 4 is 25.7 Å². The molecule has 8 heteroatoms. The van der Waals surface area contributed by atoms with Crippen molar-refractivity contribution in [2.75, 3.05) is 23.1 Å². The Morgan fingerprint density at radius 2 is 1.87 bits per heavy atom. The van der Waals surface area contributed by atoms with Gasteiger partial charge < -0.3 is 0 Å². The Hall–Kier alpha value is -1.12. The zero-order chi connectivity index (χ0) is 17.3. The van der Waals surface area contributed by atoms with Crippen LogP contribution >= 0.6 is 0 Å². The van der Waals surface area contributed by atoms with E-state index in [0.717, 1.165) is 6.42 Å². The summed E-state index contributed by atoms with van der Waals surface area (Å²) in [5, 5.41) is 0. The second-order valence-corrected chi connectivity index (χ2v) is 9.65. The minimum atomic E-state index is -3.57. The van der Waals surface area contributed by atoms with Crippen molar-refractivity contribution in [1.82, 2.24) is 4.72 Å². The first-order valence-corrected chi connectivity index (χ1v) is 10.9. The summed E-state index contributed by atoms with van der Waals surface area (Å²) < 4.78 is 53.2. The average Bonchev–Trinajstić information content (AvgIpc) is 2.47. The molecule has 1 heterocycles. The molecule has 1 saturated heterocycles. The van der Waals surface area contributed by atoms with Crippen LogP contribution in [0.3, 0.4) is 0 Å². The predicted octanol–water partition coefficient (Wildman–Crippen LogP) is 1.92. The van der Waals surface area contributed by atoms with E-state index in [4.69, 9.17) is 0 Å². The lowest BCUT2D eigenvalue weighted by Crippen LogP contribution is -2.38. The number of nitrogens with one attached hydrogen (secondary N) is 1. The maximum atomic E-state index is 12.3. The quantitative estimate of drug-likeness (QED) is 0.869. The molecule has 0 atom stereocenters. The lowest BCUT2D eigenvalue weighted by Gasteiger charge is -2.30. The highest BCUT2D eigenvalue weighted by Gasteiger charge is 2.28. The van der Waals surface area contributed by atoms with Crippen LogP contribution in [0.1, 0.15) is 37.3 Å². The van der Waals surface area contributed by atoms with Crippen LogP contribution in [0.2, 0.25) is 0 Å². The summed E-state index contributed by atoms with van der Waals surface area (Å²) in [4.78, 5) is 0.210. The number of nitrogens with zero attached hydrogens (tertiary/aromatic N) is 1. The fourth-order valence-electron chi connectivity index (χ4n) is 2.71. The third kappa shape index (κ3) is 3.87. The van der Waals surface area contributed by atoms with Gasteiger partial charge in [0.05, 0.1) is 16.3 Å². The first kappa shape index (κ1) is 18.2. The second-order valence-electron chi connectivity index (χ2n) is 5.90. The number of benzene rings is 1. The summed E-state index contributed by atoms with van der Waals surface area (Å²) in [7, 11) is -6.88. The number of hydrogen-bond donors (Lipinski definition) is 1. The Bertz CT molecular complexity index is 786. The molecule has 0 amide bonds. The molecular formula is C15H24N2O4S2. The van der Waals surface area contributed by atoms with Crippen LogP contribution in [0.25, 0.3) is 0 Å². The van der Waals surface area contributed by atoms with Crippen molar-refractivity contribution in [1.29, 1.82) is 0 Å². The van der Waals surface area contributed by atoms with Crippen molar-refractivity contribution in [2.45, 2.75) is 44.9 Å². The fraction of sp³-hybridized carbons (Fsp3) is 0.600. The van der Waals surface area contributed by atoms with E-state index < -0.39 is 20.0 Å². The van der Waals surface area contributed by atoms with Crippen molar-refractivity contribution in [3.05, 3.63) is 23.3 Å². The second kappa shape index (κ2) is 6.78. The highest BCUT2D eigenvalue weighted by molar-refractivity contribution is 7.92. The summed E-state index contributed by atoms with van der Waals surface area (Å²) in [6.45, 7) is 6.16. The molecule has 0 saturated carbocycles. The van der Waals surface area contributed by atoms with Crippen molar-refractivity contribution < 1.29 is 16.8 Å². The lowest BCUT2D eigenvalue weighted by atomic mass is 10.1. The van der Waals surface area contributed by atoms with Gasteiger partial charge in [0.1, 0.15) is 0 Å². The van der Waals surface area contributed by atoms with Crippen LogP contribution in [0, 0.1) is 13.8 Å². The molecule has 1 aliphatic heterocycles. The van der Waals surface area contributed by atoms with Gasteiger partial charge in [-0.05, 0) is 56.4 Å². The monoisotopic (exact) mass is 360 g/mol. The van der Waals surface area contributed by atoms with E-state index >= 15 is 0 Å². The van der Waals surface area contributed by atoms with Crippen molar-refractivity contribution in [2.24, 2.45) is 0 Å². The van der Waals surface area contributed by atoms with Crippen LogP contribution in [-0.4, -0.2) is 35.7 Å². The summed E-state index contributed by atoms with van der Waals surface area (Å²) in [5.74, 6) is 0.142. The molecule has 0 radical (unpaired) electrons. The molecule has 6 nitrogen and oxygen atoms in total. The molecule has 0 aromatic heterocycles. The highest BCUT2D eigenvalue weighted by Crippen LogP contribution is 2.31. The predicted molar refractivity (Wildman–Crippen MR) is 91.8 cm³/mol. The third-order valence-electron chi connectivity index (χ3n) is 3.94. The van der Waals surface area contributed by atoms with Gasteiger partial charge >= 0.3 is 0 Å². The fourth-order valence-corrected chi connectivity index (χ4v) is 5.84. The zero-order valence-electron chi connectivity index (χ0n) is 13.8. The van der Waals surface area contributed by atoms with E-state index in [9.17, 15) is 16.8 Å². The van der Waals surface area contributed by atoms with Gasteiger partial charge in [0.25, 0.3) is 0 Å². The van der Waals surface area contributed by atoms with Gasteiger partial charge in [0.15, 0.2) is 0 Å². The van der Waals surface area contributed by atoms with E-state index in [0.29, 0.717) is 42.7 Å². The van der Waals surface area contributed by atoms with Crippen molar-refractivity contribution in [3.63, 3.8) is 0 Å². The van der Waals surface area contributed by atoms with E-state index in [1.54, 1.807) is 26.0 Å². The van der Waals surface area contributed by atoms with E-state index in [1.807, 2.05) is 6.92 Å². The molecule has 130 valence electrons. The maximum Gasteiger partial charge on any atom is 0.240 e. The molecule has 0 unspecified atom stereocenters. The Balaban J connectivity index is 2.45. The first-order valence-electron chi connectivity index (χ1n) is 7.80. The Kier molecular flexibility index (Phi) is 5.37. The van der Waals surface area contributed by atoms with E-state index in [-0.39, 0.29) is 10.6 Å². The van der Waals surface area contributed by atoms with Crippen molar-refractivity contribution in [3.8, 4) is 0 Å². The standard InChI is InChI=1S/C15H24N2O4S2/c1-4-7-16-23(20,21)15-11-12(2)14(10-13(15)3)17-8-5-6-9-22(17,18)19/h10-11,16H,4-9H2,1-3H3. The van der Waals surface area contributed by atoms with E-state index in [2.05, 4.69) is 4.72 Å². The minimum absolute atomic E-state index is 0.142. The Morgan fingerprint density at radius 3 is 2.48 bits per heavy atom. The summed E-state index contributed by atoms with van der Waals surface area (Å²) in [6.07, 6.45) is 2.20. The molecule has 23 heavy (non-hydrogen) atoms. The number of hydrogen-bond acceptors (Lipinski definition) is 4. The normalized spacial score (nSPS) is 18.1. The molecule has 1 aromatic carbocycles. The zero-order valence-corrected chi connectivity index (χ0v) is 15.4. The molecule has 0 spiro atoms. The lowest BCUT2D eigenvalue weighted by molar-refractivity contribution is 0.574. The molecule has 1 N–H and O–H groups in total. The van der Waals surface area contributed by atoms with Gasteiger partial charge in [0, 0.05) is 13.1 Å². The van der Waals surface area contributed by atoms with Crippen LogP contribution in [0.15, 0.2) is 17.0 Å². The largest absolute Gasteiger partial charge is 0.270 e. The molecule has 2 rings (SSSR count). The number of rotatable bonds is 5. The summed E-state index contributed by atoms with van der Waals surface area (Å²) in [6, 6.07) is 3.23. The molecule has 1 aliphatic rings. The van der Waals surface area contributed by atoms with Gasteiger partial charge in [-0.1, -0.05) is 6.92 Å². The summed E-state index contributed by atoms with van der Waals surface area (Å²) in [5.41, 5.74) is 1.78. The van der Waals surface area contributed by atoms with Gasteiger partial charge in [-0.3, -0.25) is 4.31 Å². The third-order valence-corrected chi connectivity index (χ3v) is 7.40. The van der Waals surface area contributed by atoms with Crippen LogP contribution in [-0.2, 0) is 20.0 Å². The van der Waals surface area contributed by atoms with Crippen LogP contribution in [0.4, 0.5) is 5.69 Å². The smallest absolute Gasteiger partial charge is 0.240 e. The topological polar surface area (TPSA) is 83.6 Å². The minimum Gasteiger partial charge on any atom is -0.270 e. The molecule has 1 aromatic rings. The molecule has 0 aliphatic carbocycles. The van der Waals surface area contributed by atoms with Gasteiger partial charge in [-0.15, -0.1) is 0 Å². The number of sulfonamides is 2. The molecule has 1 fully saturated rings. The molecular weight excluding hydrogens is 336 g/mol. The highest BCUT2D eigenvalue weighted by atomic mass is 32.2. The number of anilines is 1. The maximum absolute atomic E-state index is 12.3.